The fourth-order valence-electron chi connectivity index (χ4n) is 2.67. The molecule has 3 rings (SSSR count). The number of aldehydes is 1. The lowest BCUT2D eigenvalue weighted by Gasteiger charge is -2.45. The molecule has 1 aromatic rings. The van der Waals surface area contributed by atoms with E-state index in [-0.39, 0.29) is 6.61 Å². The van der Waals surface area contributed by atoms with Crippen molar-refractivity contribution in [2.75, 3.05) is 13.7 Å². The number of methoxy groups -OCH3 is 1. The number of rotatable bonds is 3. The van der Waals surface area contributed by atoms with Crippen LogP contribution in [-0.4, -0.2) is 60.9 Å². The van der Waals surface area contributed by atoms with E-state index in [1.54, 1.807) is 24.3 Å². The molecule has 1 aromatic carbocycles. The van der Waals surface area contributed by atoms with Crippen molar-refractivity contribution in [2.24, 2.45) is 0 Å². The molecular formula is C15H18O7. The molecule has 2 aliphatic heterocycles. The van der Waals surface area contributed by atoms with E-state index in [1.807, 2.05) is 0 Å². The van der Waals surface area contributed by atoms with Gasteiger partial charge in [0.25, 0.3) is 0 Å². The first-order valence-corrected chi connectivity index (χ1v) is 7.00. The van der Waals surface area contributed by atoms with E-state index in [9.17, 15) is 15.0 Å². The minimum atomic E-state index is -1.19. The molecular weight excluding hydrogens is 292 g/mol. The van der Waals surface area contributed by atoms with Crippen LogP contribution in [0.5, 0.6) is 0 Å². The molecule has 0 aliphatic carbocycles. The molecule has 6 atom stereocenters. The summed E-state index contributed by atoms with van der Waals surface area (Å²) in [6, 6.07) is 6.76. The Morgan fingerprint density at radius 2 is 1.91 bits per heavy atom. The van der Waals surface area contributed by atoms with Crippen LogP contribution < -0.4 is 0 Å². The third kappa shape index (κ3) is 2.79. The quantitative estimate of drug-likeness (QED) is 0.759. The number of aliphatic hydroxyl groups excluding tert-OH is 2. The lowest BCUT2D eigenvalue weighted by Crippen LogP contribution is -2.62. The Morgan fingerprint density at radius 1 is 1.18 bits per heavy atom. The second kappa shape index (κ2) is 6.41. The predicted molar refractivity (Wildman–Crippen MR) is 73.1 cm³/mol. The number of aliphatic hydroxyl groups is 2. The van der Waals surface area contributed by atoms with Gasteiger partial charge in [-0.2, -0.15) is 0 Å². The first-order chi connectivity index (χ1) is 10.6. The molecule has 1 unspecified atom stereocenters. The van der Waals surface area contributed by atoms with E-state index >= 15 is 0 Å². The number of benzene rings is 1. The van der Waals surface area contributed by atoms with Crippen LogP contribution in [0.15, 0.2) is 24.3 Å². The molecule has 0 radical (unpaired) electrons. The Balaban J connectivity index is 1.73. The smallest absolute Gasteiger partial charge is 0.186 e. The normalized spacial score (nSPS) is 38.3. The van der Waals surface area contributed by atoms with E-state index in [1.165, 1.54) is 7.11 Å². The van der Waals surface area contributed by atoms with Gasteiger partial charge in [-0.05, 0) is 0 Å². The maximum Gasteiger partial charge on any atom is 0.186 e. The van der Waals surface area contributed by atoms with Gasteiger partial charge in [-0.3, -0.25) is 4.79 Å². The molecule has 2 fully saturated rings. The number of hydrogen-bond donors (Lipinski definition) is 2. The van der Waals surface area contributed by atoms with Crippen molar-refractivity contribution in [3.05, 3.63) is 35.4 Å². The van der Waals surface area contributed by atoms with Crippen molar-refractivity contribution < 1.29 is 34.0 Å². The summed E-state index contributed by atoms with van der Waals surface area (Å²) in [5.74, 6) is 0. The van der Waals surface area contributed by atoms with E-state index in [0.717, 1.165) is 11.8 Å². The van der Waals surface area contributed by atoms with Crippen molar-refractivity contribution in [1.82, 2.24) is 0 Å². The van der Waals surface area contributed by atoms with Gasteiger partial charge < -0.3 is 29.2 Å². The predicted octanol–water partition coefficient (Wildman–Crippen LogP) is 0.00620. The van der Waals surface area contributed by atoms with Crippen LogP contribution in [0.25, 0.3) is 0 Å². The van der Waals surface area contributed by atoms with Gasteiger partial charge in [0.15, 0.2) is 12.6 Å². The zero-order chi connectivity index (χ0) is 15.7. The second-order valence-corrected chi connectivity index (χ2v) is 5.31. The first kappa shape index (κ1) is 15.5. The van der Waals surface area contributed by atoms with Crippen LogP contribution in [0.4, 0.5) is 0 Å². The third-order valence-corrected chi connectivity index (χ3v) is 3.91. The molecule has 120 valence electrons. The number of fused-ring (bicyclic) bond motifs is 1. The van der Waals surface area contributed by atoms with E-state index in [0.29, 0.717) is 5.56 Å². The van der Waals surface area contributed by atoms with Gasteiger partial charge in [0.05, 0.1) is 6.61 Å². The largest absolute Gasteiger partial charge is 0.387 e. The Hall–Kier alpha value is -1.35. The summed E-state index contributed by atoms with van der Waals surface area (Å²) in [4.78, 5) is 10.7. The SMILES string of the molecule is CO[C@H]1O[C@@H]2COC(c3ccc(C=O)cc3)O[C@H]2[C@H](O)[C@H]1O. The number of carbonyl (C=O) groups excluding carboxylic acids is 1. The minimum absolute atomic E-state index is 0.203. The molecule has 0 saturated carbocycles. The fraction of sp³-hybridized carbons (Fsp3) is 0.533. The minimum Gasteiger partial charge on any atom is -0.387 e. The lowest BCUT2D eigenvalue weighted by molar-refractivity contribution is -0.358. The molecule has 7 heteroatoms. The molecule has 2 aliphatic rings. The molecule has 2 heterocycles. The maximum atomic E-state index is 10.7. The molecule has 2 N–H and O–H groups in total. The summed E-state index contributed by atoms with van der Waals surface area (Å²) in [5, 5.41) is 20.1. The van der Waals surface area contributed by atoms with E-state index in [2.05, 4.69) is 0 Å². The van der Waals surface area contributed by atoms with Gasteiger partial charge in [-0.15, -0.1) is 0 Å². The lowest BCUT2D eigenvalue weighted by atomic mass is 9.98. The summed E-state index contributed by atoms with van der Waals surface area (Å²) in [6.45, 7) is 0.203. The van der Waals surface area contributed by atoms with Crippen LogP contribution in [0.3, 0.4) is 0 Å². The summed E-state index contributed by atoms with van der Waals surface area (Å²) >= 11 is 0. The maximum absolute atomic E-state index is 10.7. The van der Waals surface area contributed by atoms with Gasteiger partial charge >= 0.3 is 0 Å². The number of ether oxygens (including phenoxy) is 4. The van der Waals surface area contributed by atoms with Gasteiger partial charge in [-0.25, -0.2) is 0 Å². The zero-order valence-electron chi connectivity index (χ0n) is 12.0. The monoisotopic (exact) mass is 310 g/mol. The topological polar surface area (TPSA) is 94.5 Å². The molecule has 0 amide bonds. The Labute approximate surface area is 127 Å². The number of hydrogen-bond acceptors (Lipinski definition) is 7. The van der Waals surface area contributed by atoms with Gasteiger partial charge in [0.1, 0.15) is 30.7 Å². The molecule has 2 saturated heterocycles. The van der Waals surface area contributed by atoms with Crippen molar-refractivity contribution in [1.29, 1.82) is 0 Å². The average Bonchev–Trinajstić information content (AvgIpc) is 2.58. The molecule has 0 aromatic heterocycles. The van der Waals surface area contributed by atoms with Crippen molar-refractivity contribution in [3.63, 3.8) is 0 Å². The highest BCUT2D eigenvalue weighted by Crippen LogP contribution is 2.34. The van der Waals surface area contributed by atoms with Crippen molar-refractivity contribution in [2.45, 2.75) is 37.0 Å². The van der Waals surface area contributed by atoms with Gasteiger partial charge in [0.2, 0.25) is 0 Å². The summed E-state index contributed by atoms with van der Waals surface area (Å²) in [7, 11) is 1.39. The highest BCUT2D eigenvalue weighted by atomic mass is 16.7. The van der Waals surface area contributed by atoms with E-state index < -0.39 is 37.0 Å². The van der Waals surface area contributed by atoms with Crippen LogP contribution in [0.1, 0.15) is 22.2 Å². The van der Waals surface area contributed by atoms with Gasteiger partial charge in [0, 0.05) is 18.2 Å². The molecule has 0 bridgehead atoms. The van der Waals surface area contributed by atoms with Crippen LogP contribution in [0, 0.1) is 0 Å². The Bertz CT molecular complexity index is 515. The van der Waals surface area contributed by atoms with Crippen LogP contribution >= 0.6 is 0 Å². The third-order valence-electron chi connectivity index (χ3n) is 3.91. The molecule has 0 spiro atoms. The Kier molecular flexibility index (Phi) is 4.53. The summed E-state index contributed by atoms with van der Waals surface area (Å²) < 4.78 is 21.8. The van der Waals surface area contributed by atoms with E-state index in [4.69, 9.17) is 18.9 Å². The number of carbonyl (C=O) groups is 1. The Morgan fingerprint density at radius 3 is 2.55 bits per heavy atom. The van der Waals surface area contributed by atoms with Crippen molar-refractivity contribution >= 4 is 6.29 Å². The van der Waals surface area contributed by atoms with Crippen LogP contribution in [0.2, 0.25) is 0 Å². The molecule has 7 nitrogen and oxygen atoms in total. The van der Waals surface area contributed by atoms with Crippen molar-refractivity contribution in [3.8, 4) is 0 Å². The van der Waals surface area contributed by atoms with Crippen LogP contribution in [-0.2, 0) is 18.9 Å². The summed E-state index contributed by atoms with van der Waals surface area (Å²) in [6.07, 6.45) is -4.41. The average molecular weight is 310 g/mol. The highest BCUT2D eigenvalue weighted by Gasteiger charge is 2.48. The second-order valence-electron chi connectivity index (χ2n) is 5.31. The van der Waals surface area contributed by atoms with Gasteiger partial charge in [-0.1, -0.05) is 24.3 Å². The molecule has 22 heavy (non-hydrogen) atoms. The summed E-state index contributed by atoms with van der Waals surface area (Å²) in [5.41, 5.74) is 1.27. The zero-order valence-corrected chi connectivity index (χ0v) is 12.0. The fourth-order valence-corrected chi connectivity index (χ4v) is 2.67. The first-order valence-electron chi connectivity index (χ1n) is 7.00. The standard InChI is InChI=1S/C15H18O7/c1-19-15-12(18)11(17)13-10(21-15)7-20-14(22-13)9-4-2-8(6-16)3-5-9/h2-6,10-15,17-18H,7H2,1H3/t10-,11-,12-,13-,14?,15+/m1/s1. The highest BCUT2D eigenvalue weighted by molar-refractivity contribution is 5.74.